The van der Waals surface area contributed by atoms with Crippen molar-refractivity contribution < 1.29 is 4.52 Å². The molecule has 3 aromatic rings. The Labute approximate surface area is 119 Å². The van der Waals surface area contributed by atoms with E-state index in [4.69, 9.17) is 4.52 Å². The minimum absolute atomic E-state index is 0.537. The molecule has 0 saturated carbocycles. The summed E-state index contributed by atoms with van der Waals surface area (Å²) in [6.07, 6.45) is 0. The predicted molar refractivity (Wildman–Crippen MR) is 77.6 cm³/mol. The summed E-state index contributed by atoms with van der Waals surface area (Å²) >= 11 is 3.43. The van der Waals surface area contributed by atoms with Crippen molar-refractivity contribution in [2.24, 2.45) is 0 Å². The lowest BCUT2D eigenvalue weighted by Crippen LogP contribution is -1.81. The maximum atomic E-state index is 5.31. The zero-order valence-corrected chi connectivity index (χ0v) is 11.9. The first kappa shape index (κ1) is 12.1. The van der Waals surface area contributed by atoms with E-state index in [1.165, 1.54) is 5.56 Å². The van der Waals surface area contributed by atoms with E-state index in [1.807, 2.05) is 55.5 Å². The SMILES string of the molecule is Cc1ccc(-c2nc(-c3cccc(Br)c3)no2)cc1. The van der Waals surface area contributed by atoms with Gasteiger partial charge in [0.25, 0.3) is 5.89 Å². The van der Waals surface area contributed by atoms with Gasteiger partial charge in [-0.15, -0.1) is 0 Å². The van der Waals surface area contributed by atoms with E-state index in [0.29, 0.717) is 11.7 Å². The average Bonchev–Trinajstić information content (AvgIpc) is 2.89. The minimum atomic E-state index is 0.537. The number of rotatable bonds is 2. The second kappa shape index (κ2) is 4.97. The Morgan fingerprint density at radius 1 is 1.00 bits per heavy atom. The first-order valence-corrected chi connectivity index (χ1v) is 6.68. The van der Waals surface area contributed by atoms with Gasteiger partial charge in [0, 0.05) is 15.6 Å². The Hall–Kier alpha value is -1.94. The smallest absolute Gasteiger partial charge is 0.258 e. The van der Waals surface area contributed by atoms with Gasteiger partial charge in [-0.2, -0.15) is 4.98 Å². The van der Waals surface area contributed by atoms with Crippen molar-refractivity contribution in [1.29, 1.82) is 0 Å². The summed E-state index contributed by atoms with van der Waals surface area (Å²) in [4.78, 5) is 4.42. The Kier molecular flexibility index (Phi) is 3.17. The minimum Gasteiger partial charge on any atom is -0.334 e. The van der Waals surface area contributed by atoms with Crippen LogP contribution in [-0.2, 0) is 0 Å². The van der Waals surface area contributed by atoms with Gasteiger partial charge in [0.1, 0.15) is 0 Å². The number of hydrogen-bond acceptors (Lipinski definition) is 3. The molecule has 1 heterocycles. The number of benzene rings is 2. The Morgan fingerprint density at radius 2 is 1.79 bits per heavy atom. The van der Waals surface area contributed by atoms with Crippen molar-refractivity contribution in [3.05, 3.63) is 58.6 Å². The average molecular weight is 315 g/mol. The zero-order chi connectivity index (χ0) is 13.2. The summed E-state index contributed by atoms with van der Waals surface area (Å²) in [6, 6.07) is 15.8. The van der Waals surface area contributed by atoms with Crippen molar-refractivity contribution in [1.82, 2.24) is 10.1 Å². The van der Waals surface area contributed by atoms with Crippen molar-refractivity contribution in [2.75, 3.05) is 0 Å². The van der Waals surface area contributed by atoms with Crippen LogP contribution in [0.1, 0.15) is 5.56 Å². The molecule has 0 aliphatic rings. The van der Waals surface area contributed by atoms with Gasteiger partial charge in [0.15, 0.2) is 0 Å². The van der Waals surface area contributed by atoms with Crippen LogP contribution in [-0.4, -0.2) is 10.1 Å². The van der Waals surface area contributed by atoms with Crippen molar-refractivity contribution in [2.45, 2.75) is 6.92 Å². The maximum absolute atomic E-state index is 5.31. The standard InChI is InChI=1S/C15H11BrN2O/c1-10-5-7-11(8-6-10)15-17-14(18-19-15)12-3-2-4-13(16)9-12/h2-9H,1H3. The number of aromatic nitrogens is 2. The third-order valence-electron chi connectivity index (χ3n) is 2.81. The van der Waals surface area contributed by atoms with Crippen molar-refractivity contribution in [3.63, 3.8) is 0 Å². The molecular formula is C15H11BrN2O. The van der Waals surface area contributed by atoms with Gasteiger partial charge in [0.2, 0.25) is 5.82 Å². The molecule has 94 valence electrons. The molecule has 3 nitrogen and oxygen atoms in total. The number of hydrogen-bond donors (Lipinski definition) is 0. The molecule has 0 aliphatic carbocycles. The topological polar surface area (TPSA) is 38.9 Å². The predicted octanol–water partition coefficient (Wildman–Crippen LogP) is 4.47. The molecule has 2 aromatic carbocycles. The van der Waals surface area contributed by atoms with E-state index in [2.05, 4.69) is 26.1 Å². The summed E-state index contributed by atoms with van der Waals surface area (Å²) < 4.78 is 6.30. The van der Waals surface area contributed by atoms with Crippen LogP contribution < -0.4 is 0 Å². The quantitative estimate of drug-likeness (QED) is 0.700. The first-order chi connectivity index (χ1) is 9.22. The summed E-state index contributed by atoms with van der Waals surface area (Å²) in [5, 5.41) is 4.02. The Morgan fingerprint density at radius 3 is 2.53 bits per heavy atom. The third kappa shape index (κ3) is 2.58. The first-order valence-electron chi connectivity index (χ1n) is 5.89. The van der Waals surface area contributed by atoms with E-state index in [-0.39, 0.29) is 0 Å². The van der Waals surface area contributed by atoms with Gasteiger partial charge in [-0.1, -0.05) is 50.9 Å². The van der Waals surface area contributed by atoms with Crippen LogP contribution in [0.3, 0.4) is 0 Å². The number of nitrogens with zero attached hydrogens (tertiary/aromatic N) is 2. The highest BCUT2D eigenvalue weighted by molar-refractivity contribution is 9.10. The molecule has 0 atom stereocenters. The van der Waals surface area contributed by atoms with Crippen LogP contribution in [0, 0.1) is 6.92 Å². The van der Waals surface area contributed by atoms with Crippen LogP contribution in [0.15, 0.2) is 57.5 Å². The Bertz CT molecular complexity index is 704. The molecule has 4 heteroatoms. The van der Waals surface area contributed by atoms with E-state index in [0.717, 1.165) is 15.6 Å². The van der Waals surface area contributed by atoms with Gasteiger partial charge in [-0.3, -0.25) is 0 Å². The summed E-state index contributed by atoms with van der Waals surface area (Å²) in [6.45, 7) is 2.05. The number of aryl methyl sites for hydroxylation is 1. The highest BCUT2D eigenvalue weighted by Gasteiger charge is 2.10. The highest BCUT2D eigenvalue weighted by Crippen LogP contribution is 2.24. The molecule has 0 radical (unpaired) electrons. The number of halogens is 1. The van der Waals surface area contributed by atoms with Crippen LogP contribution in [0.25, 0.3) is 22.8 Å². The fourth-order valence-corrected chi connectivity index (χ4v) is 2.18. The molecule has 1 aromatic heterocycles. The van der Waals surface area contributed by atoms with Crippen LogP contribution in [0.4, 0.5) is 0 Å². The molecule has 0 saturated heterocycles. The monoisotopic (exact) mass is 314 g/mol. The molecule has 0 spiro atoms. The van der Waals surface area contributed by atoms with E-state index in [9.17, 15) is 0 Å². The molecule has 3 rings (SSSR count). The van der Waals surface area contributed by atoms with Crippen molar-refractivity contribution in [3.8, 4) is 22.8 Å². The lowest BCUT2D eigenvalue weighted by atomic mass is 10.1. The fraction of sp³-hybridized carbons (Fsp3) is 0.0667. The molecule has 0 unspecified atom stereocenters. The highest BCUT2D eigenvalue weighted by atomic mass is 79.9. The van der Waals surface area contributed by atoms with Crippen molar-refractivity contribution >= 4 is 15.9 Å². The van der Waals surface area contributed by atoms with Crippen LogP contribution >= 0.6 is 15.9 Å². The fourth-order valence-electron chi connectivity index (χ4n) is 1.78. The van der Waals surface area contributed by atoms with E-state index >= 15 is 0 Å². The van der Waals surface area contributed by atoms with Crippen LogP contribution in [0.2, 0.25) is 0 Å². The molecule has 0 N–H and O–H groups in total. The van der Waals surface area contributed by atoms with Gasteiger partial charge < -0.3 is 4.52 Å². The molecule has 0 fully saturated rings. The second-order valence-corrected chi connectivity index (χ2v) is 5.22. The van der Waals surface area contributed by atoms with E-state index < -0.39 is 0 Å². The molecule has 19 heavy (non-hydrogen) atoms. The summed E-state index contributed by atoms with van der Waals surface area (Å²) in [7, 11) is 0. The lowest BCUT2D eigenvalue weighted by molar-refractivity contribution is 0.432. The van der Waals surface area contributed by atoms with E-state index in [1.54, 1.807) is 0 Å². The molecule has 0 aliphatic heterocycles. The molecular weight excluding hydrogens is 304 g/mol. The van der Waals surface area contributed by atoms with Crippen LogP contribution in [0.5, 0.6) is 0 Å². The summed E-state index contributed by atoms with van der Waals surface area (Å²) in [5.74, 6) is 1.13. The second-order valence-electron chi connectivity index (χ2n) is 4.30. The third-order valence-corrected chi connectivity index (χ3v) is 3.30. The molecule has 0 bridgehead atoms. The van der Waals surface area contributed by atoms with Gasteiger partial charge in [-0.05, 0) is 31.2 Å². The van der Waals surface area contributed by atoms with Gasteiger partial charge in [-0.25, -0.2) is 0 Å². The maximum Gasteiger partial charge on any atom is 0.258 e. The lowest BCUT2D eigenvalue weighted by Gasteiger charge is -1.95. The molecule has 0 amide bonds. The van der Waals surface area contributed by atoms with Gasteiger partial charge >= 0.3 is 0 Å². The largest absolute Gasteiger partial charge is 0.334 e. The summed E-state index contributed by atoms with van der Waals surface area (Å²) in [5.41, 5.74) is 3.06. The van der Waals surface area contributed by atoms with Gasteiger partial charge in [0.05, 0.1) is 0 Å². The Balaban J connectivity index is 1.97. The normalized spacial score (nSPS) is 10.6. The zero-order valence-electron chi connectivity index (χ0n) is 10.3.